The Labute approximate surface area is 123 Å². The maximum Gasteiger partial charge on any atom is 0.129 e. The van der Waals surface area contributed by atoms with E-state index < -0.39 is 0 Å². The van der Waals surface area contributed by atoms with E-state index in [2.05, 4.69) is 10.1 Å². The summed E-state index contributed by atoms with van der Waals surface area (Å²) in [5.41, 5.74) is 9.90. The second-order valence-corrected chi connectivity index (χ2v) is 4.70. The van der Waals surface area contributed by atoms with Gasteiger partial charge in [0.25, 0.3) is 0 Å². The fourth-order valence-corrected chi connectivity index (χ4v) is 2.31. The highest BCUT2D eigenvalue weighted by atomic mass is 16.5. The van der Waals surface area contributed by atoms with Crippen LogP contribution in [0.5, 0.6) is 5.75 Å². The van der Waals surface area contributed by atoms with Crippen molar-refractivity contribution in [3.63, 3.8) is 0 Å². The summed E-state index contributed by atoms with van der Waals surface area (Å²) in [5, 5.41) is 4.55. The van der Waals surface area contributed by atoms with Crippen molar-refractivity contribution in [1.82, 2.24) is 14.8 Å². The van der Waals surface area contributed by atoms with Gasteiger partial charge >= 0.3 is 0 Å². The molecule has 0 aliphatic carbocycles. The lowest BCUT2D eigenvalue weighted by atomic mass is 10.0. The number of benzene rings is 1. The van der Waals surface area contributed by atoms with E-state index >= 15 is 0 Å². The highest BCUT2D eigenvalue weighted by Gasteiger charge is 2.17. The van der Waals surface area contributed by atoms with Gasteiger partial charge in [-0.1, -0.05) is 12.1 Å². The molecular weight excluding hydrogens is 264 g/mol. The topological polar surface area (TPSA) is 66.0 Å². The molecular formula is C16H16N4O. The number of nitrogens with zero attached hydrogens (tertiary/aromatic N) is 3. The van der Waals surface area contributed by atoms with E-state index in [1.54, 1.807) is 24.2 Å². The molecule has 0 atom stereocenters. The molecule has 0 aliphatic heterocycles. The van der Waals surface area contributed by atoms with E-state index in [9.17, 15) is 0 Å². The molecule has 5 nitrogen and oxygen atoms in total. The van der Waals surface area contributed by atoms with Crippen molar-refractivity contribution in [3.05, 3.63) is 48.8 Å². The number of aryl methyl sites for hydroxylation is 1. The van der Waals surface area contributed by atoms with Crippen LogP contribution in [0.2, 0.25) is 0 Å². The smallest absolute Gasteiger partial charge is 0.129 e. The molecule has 0 spiro atoms. The molecule has 1 aromatic carbocycles. The molecule has 0 saturated carbocycles. The summed E-state index contributed by atoms with van der Waals surface area (Å²) < 4.78 is 6.97. The van der Waals surface area contributed by atoms with Crippen molar-refractivity contribution >= 4 is 5.82 Å². The Morgan fingerprint density at radius 3 is 2.57 bits per heavy atom. The molecule has 2 N–H and O–H groups in total. The highest BCUT2D eigenvalue weighted by molar-refractivity contribution is 5.88. The molecule has 3 aromatic rings. The van der Waals surface area contributed by atoms with E-state index in [1.165, 1.54) is 0 Å². The van der Waals surface area contributed by atoms with Gasteiger partial charge in [-0.25, -0.2) is 0 Å². The average molecular weight is 280 g/mol. The summed E-state index contributed by atoms with van der Waals surface area (Å²) in [6.45, 7) is 0. The van der Waals surface area contributed by atoms with Gasteiger partial charge in [-0.15, -0.1) is 0 Å². The second-order valence-electron chi connectivity index (χ2n) is 4.70. The number of aromatic nitrogens is 3. The molecule has 0 bridgehead atoms. The molecule has 0 fully saturated rings. The van der Waals surface area contributed by atoms with Gasteiger partial charge in [-0.3, -0.25) is 9.67 Å². The predicted octanol–water partition coefficient (Wildman–Crippen LogP) is 2.74. The third-order valence-electron chi connectivity index (χ3n) is 3.40. The highest BCUT2D eigenvalue weighted by Crippen LogP contribution is 2.36. The summed E-state index contributed by atoms with van der Waals surface area (Å²) in [7, 11) is 3.49. The molecule has 0 saturated heterocycles. The zero-order chi connectivity index (χ0) is 14.8. The van der Waals surface area contributed by atoms with Crippen LogP contribution in [0.25, 0.3) is 22.4 Å². The van der Waals surface area contributed by atoms with E-state index in [1.807, 2.05) is 43.4 Å². The van der Waals surface area contributed by atoms with Gasteiger partial charge in [-0.05, 0) is 29.8 Å². The minimum Gasteiger partial charge on any atom is -0.497 e. The Hall–Kier alpha value is -2.82. The quantitative estimate of drug-likeness (QED) is 0.801. The van der Waals surface area contributed by atoms with Gasteiger partial charge in [0.1, 0.15) is 17.3 Å². The van der Waals surface area contributed by atoms with Crippen molar-refractivity contribution in [1.29, 1.82) is 0 Å². The molecule has 21 heavy (non-hydrogen) atoms. The molecule has 0 unspecified atom stereocenters. The number of anilines is 1. The molecule has 5 heteroatoms. The van der Waals surface area contributed by atoms with Crippen molar-refractivity contribution < 1.29 is 4.74 Å². The largest absolute Gasteiger partial charge is 0.497 e. The van der Waals surface area contributed by atoms with Gasteiger partial charge in [0.15, 0.2) is 0 Å². The number of nitrogen functional groups attached to an aromatic ring is 1. The Balaban J connectivity index is 2.21. The van der Waals surface area contributed by atoms with Crippen molar-refractivity contribution in [2.24, 2.45) is 7.05 Å². The number of pyridine rings is 1. The fraction of sp³-hybridized carbons (Fsp3) is 0.125. The lowest BCUT2D eigenvalue weighted by molar-refractivity contribution is 0.415. The van der Waals surface area contributed by atoms with E-state index in [4.69, 9.17) is 10.5 Å². The summed E-state index contributed by atoms with van der Waals surface area (Å²) in [6, 6.07) is 11.6. The zero-order valence-corrected chi connectivity index (χ0v) is 11.9. The maximum absolute atomic E-state index is 6.19. The summed E-state index contributed by atoms with van der Waals surface area (Å²) >= 11 is 0. The first-order chi connectivity index (χ1) is 10.2. The summed E-state index contributed by atoms with van der Waals surface area (Å²) in [6.07, 6.45) is 3.49. The van der Waals surface area contributed by atoms with Crippen LogP contribution < -0.4 is 10.5 Å². The van der Waals surface area contributed by atoms with Crippen molar-refractivity contribution in [3.8, 4) is 28.1 Å². The molecule has 0 amide bonds. The molecule has 0 radical (unpaired) electrons. The van der Waals surface area contributed by atoms with Gasteiger partial charge in [-0.2, -0.15) is 5.10 Å². The Morgan fingerprint density at radius 2 is 1.86 bits per heavy atom. The van der Waals surface area contributed by atoms with Crippen LogP contribution in [0.15, 0.2) is 48.8 Å². The van der Waals surface area contributed by atoms with Gasteiger partial charge in [0.05, 0.1) is 12.7 Å². The van der Waals surface area contributed by atoms with E-state index in [-0.39, 0.29) is 0 Å². The number of hydrogen-bond acceptors (Lipinski definition) is 4. The Bertz CT molecular complexity index is 765. The first kappa shape index (κ1) is 13.2. The maximum atomic E-state index is 6.19. The van der Waals surface area contributed by atoms with Crippen LogP contribution in [-0.2, 0) is 7.05 Å². The Morgan fingerprint density at radius 1 is 1.10 bits per heavy atom. The molecule has 0 aliphatic rings. The first-order valence-corrected chi connectivity index (χ1v) is 6.58. The lowest BCUT2D eigenvalue weighted by Crippen LogP contribution is -1.97. The third-order valence-corrected chi connectivity index (χ3v) is 3.40. The normalized spacial score (nSPS) is 10.6. The molecule has 3 rings (SSSR count). The molecule has 106 valence electrons. The minimum atomic E-state index is 0.624. The number of methoxy groups -OCH3 is 1. The van der Waals surface area contributed by atoms with Gasteiger partial charge < -0.3 is 10.5 Å². The van der Waals surface area contributed by atoms with Crippen molar-refractivity contribution in [2.45, 2.75) is 0 Å². The number of rotatable bonds is 3. The van der Waals surface area contributed by atoms with E-state index in [0.717, 1.165) is 28.1 Å². The van der Waals surface area contributed by atoms with E-state index in [0.29, 0.717) is 5.82 Å². The van der Waals surface area contributed by atoms with Crippen LogP contribution in [0.1, 0.15) is 0 Å². The molecule has 2 aromatic heterocycles. The number of hydrogen-bond donors (Lipinski definition) is 1. The van der Waals surface area contributed by atoms with Crippen molar-refractivity contribution in [2.75, 3.05) is 12.8 Å². The van der Waals surface area contributed by atoms with Gasteiger partial charge in [0, 0.05) is 25.0 Å². The lowest BCUT2D eigenvalue weighted by Gasteiger charge is -2.05. The third kappa shape index (κ3) is 2.33. The minimum absolute atomic E-state index is 0.624. The van der Waals surface area contributed by atoms with Crippen LogP contribution >= 0.6 is 0 Å². The predicted molar refractivity (Wildman–Crippen MR) is 82.8 cm³/mol. The van der Waals surface area contributed by atoms with Crippen LogP contribution in [0, 0.1) is 0 Å². The average Bonchev–Trinajstić information content (AvgIpc) is 2.84. The van der Waals surface area contributed by atoms with Gasteiger partial charge in [0.2, 0.25) is 0 Å². The fourth-order valence-electron chi connectivity index (χ4n) is 2.31. The first-order valence-electron chi connectivity index (χ1n) is 6.58. The number of ether oxygens (including phenoxy) is 1. The Kier molecular flexibility index (Phi) is 3.31. The standard InChI is InChI=1S/C16H16N4O/c1-20-16(17)14(11-6-8-18-9-7-11)15(19-20)12-4-3-5-13(10-12)21-2/h3-10H,17H2,1-2H3. The zero-order valence-electron chi connectivity index (χ0n) is 11.9. The summed E-state index contributed by atoms with van der Waals surface area (Å²) in [5.74, 6) is 1.41. The van der Waals surface area contributed by atoms with Crippen LogP contribution in [-0.4, -0.2) is 21.9 Å². The monoisotopic (exact) mass is 280 g/mol. The molecule has 2 heterocycles. The number of nitrogens with two attached hydrogens (primary N) is 1. The summed E-state index contributed by atoms with van der Waals surface area (Å²) in [4.78, 5) is 4.05. The second kappa shape index (κ2) is 5.28. The van der Waals surface area contributed by atoms with Crippen LogP contribution in [0.4, 0.5) is 5.82 Å². The van der Waals surface area contributed by atoms with Crippen LogP contribution in [0.3, 0.4) is 0 Å². The SMILES string of the molecule is COc1cccc(-c2nn(C)c(N)c2-c2ccncc2)c1.